The molecule has 2 rings (SSSR count). The average Bonchev–Trinajstić information content (AvgIpc) is 2.94. The van der Waals surface area contributed by atoms with Crippen molar-refractivity contribution < 1.29 is 18.3 Å². The first-order valence-corrected chi connectivity index (χ1v) is 6.55. The molecule has 0 saturated carbocycles. The van der Waals surface area contributed by atoms with E-state index in [9.17, 15) is 0 Å². The number of ether oxygens (including phenoxy) is 2. The van der Waals surface area contributed by atoms with Crippen LogP contribution >= 0.6 is 21.6 Å². The fraction of sp³-hybridized carbons (Fsp3) is 0.200. The zero-order valence-electron chi connectivity index (χ0n) is 8.76. The molecule has 0 saturated heterocycles. The summed E-state index contributed by atoms with van der Waals surface area (Å²) in [5.41, 5.74) is 0. The van der Waals surface area contributed by atoms with Crippen LogP contribution in [0.4, 0.5) is 0 Å². The van der Waals surface area contributed by atoms with Crippen LogP contribution in [0.3, 0.4) is 0 Å². The molecule has 86 valence electrons. The highest BCUT2D eigenvalue weighted by molar-refractivity contribution is 8.76. The summed E-state index contributed by atoms with van der Waals surface area (Å²) in [6.07, 6.45) is 6.41. The average molecular weight is 258 g/mol. The number of methoxy groups -OCH3 is 2. The van der Waals surface area contributed by atoms with Crippen molar-refractivity contribution >= 4 is 21.6 Å². The third kappa shape index (κ3) is 2.33. The Hall–Kier alpha value is -1.14. The highest BCUT2D eigenvalue weighted by atomic mass is 33.1. The molecule has 2 aromatic rings. The van der Waals surface area contributed by atoms with E-state index in [1.54, 1.807) is 39.3 Å². The van der Waals surface area contributed by atoms with Gasteiger partial charge in [-0.25, -0.2) is 0 Å². The quantitative estimate of drug-likeness (QED) is 0.762. The summed E-state index contributed by atoms with van der Waals surface area (Å²) in [6.45, 7) is 0. The summed E-state index contributed by atoms with van der Waals surface area (Å²) >= 11 is 0. The van der Waals surface area contributed by atoms with Gasteiger partial charge < -0.3 is 18.3 Å². The van der Waals surface area contributed by atoms with Gasteiger partial charge in [0.05, 0.1) is 24.0 Å². The molecule has 0 aliphatic rings. The minimum Gasteiger partial charge on any atom is -0.492 e. The Morgan fingerprint density at radius 3 is 1.62 bits per heavy atom. The number of furan rings is 2. The van der Waals surface area contributed by atoms with E-state index in [1.807, 2.05) is 0 Å². The summed E-state index contributed by atoms with van der Waals surface area (Å²) < 4.78 is 20.4. The maximum absolute atomic E-state index is 5.13. The molecular formula is C10H10O4S2. The van der Waals surface area contributed by atoms with Crippen molar-refractivity contribution in [2.45, 2.75) is 9.79 Å². The van der Waals surface area contributed by atoms with Gasteiger partial charge in [-0.15, -0.1) is 0 Å². The third-order valence-electron chi connectivity index (χ3n) is 1.85. The van der Waals surface area contributed by atoms with Crippen molar-refractivity contribution in [3.05, 3.63) is 25.1 Å². The van der Waals surface area contributed by atoms with Gasteiger partial charge in [0.25, 0.3) is 0 Å². The van der Waals surface area contributed by atoms with Gasteiger partial charge in [-0.05, 0) is 21.6 Å². The largest absolute Gasteiger partial charge is 0.492 e. The number of hydrogen-bond acceptors (Lipinski definition) is 6. The van der Waals surface area contributed by atoms with Gasteiger partial charge in [0, 0.05) is 0 Å². The Kier molecular flexibility index (Phi) is 3.74. The molecule has 0 aliphatic carbocycles. The van der Waals surface area contributed by atoms with Crippen molar-refractivity contribution in [2.75, 3.05) is 14.2 Å². The predicted octanol–water partition coefficient (Wildman–Crippen LogP) is 3.69. The predicted molar refractivity (Wildman–Crippen MR) is 62.2 cm³/mol. The van der Waals surface area contributed by atoms with Crippen molar-refractivity contribution in [3.63, 3.8) is 0 Å². The number of rotatable bonds is 5. The first-order chi connectivity index (χ1) is 7.85. The molecule has 4 nitrogen and oxygen atoms in total. The smallest absolute Gasteiger partial charge is 0.171 e. The van der Waals surface area contributed by atoms with Gasteiger partial charge in [0.2, 0.25) is 0 Å². The van der Waals surface area contributed by atoms with Crippen LogP contribution in [0.2, 0.25) is 0 Å². The lowest BCUT2D eigenvalue weighted by atomic mass is 10.6. The summed E-state index contributed by atoms with van der Waals surface area (Å²) in [5, 5.41) is 0. The molecule has 0 fully saturated rings. The van der Waals surface area contributed by atoms with Crippen molar-refractivity contribution in [2.24, 2.45) is 0 Å². The van der Waals surface area contributed by atoms with Crippen LogP contribution in [0, 0.1) is 0 Å². The van der Waals surface area contributed by atoms with Gasteiger partial charge in [0.1, 0.15) is 25.1 Å². The molecule has 0 spiro atoms. The van der Waals surface area contributed by atoms with E-state index in [-0.39, 0.29) is 0 Å². The molecule has 0 aliphatic heterocycles. The van der Waals surface area contributed by atoms with Crippen LogP contribution in [0.25, 0.3) is 0 Å². The normalized spacial score (nSPS) is 10.4. The molecule has 2 heterocycles. The molecule has 0 atom stereocenters. The second-order valence-corrected chi connectivity index (χ2v) is 4.99. The molecule has 0 amide bonds. The number of hydrogen-bond donors (Lipinski definition) is 0. The van der Waals surface area contributed by atoms with Crippen LogP contribution in [0.5, 0.6) is 11.5 Å². The van der Waals surface area contributed by atoms with Gasteiger partial charge in [-0.3, -0.25) is 0 Å². The van der Waals surface area contributed by atoms with E-state index in [0.717, 1.165) is 21.3 Å². The minimum absolute atomic E-state index is 0.722. The first-order valence-electron chi connectivity index (χ1n) is 4.40. The maximum Gasteiger partial charge on any atom is 0.171 e. The van der Waals surface area contributed by atoms with Gasteiger partial charge in [-0.2, -0.15) is 0 Å². The van der Waals surface area contributed by atoms with Crippen molar-refractivity contribution in [1.82, 2.24) is 0 Å². The van der Waals surface area contributed by atoms with E-state index in [0.29, 0.717) is 0 Å². The Labute approximate surface area is 101 Å². The van der Waals surface area contributed by atoms with Crippen molar-refractivity contribution in [3.8, 4) is 11.5 Å². The van der Waals surface area contributed by atoms with Crippen LogP contribution in [0.15, 0.2) is 43.7 Å². The fourth-order valence-electron chi connectivity index (χ4n) is 1.06. The molecule has 0 aromatic carbocycles. The second-order valence-electron chi connectivity index (χ2n) is 2.78. The zero-order chi connectivity index (χ0) is 11.4. The summed E-state index contributed by atoms with van der Waals surface area (Å²) in [5.74, 6) is 1.44. The maximum atomic E-state index is 5.13. The lowest BCUT2D eigenvalue weighted by Crippen LogP contribution is -1.80. The summed E-state index contributed by atoms with van der Waals surface area (Å²) in [6, 6.07) is 0. The molecule has 0 N–H and O–H groups in total. The van der Waals surface area contributed by atoms with Crippen LogP contribution in [0.1, 0.15) is 0 Å². The van der Waals surface area contributed by atoms with E-state index < -0.39 is 0 Å². The topological polar surface area (TPSA) is 44.7 Å². The lowest BCUT2D eigenvalue weighted by Gasteiger charge is -2.00. The highest BCUT2D eigenvalue weighted by Crippen LogP contribution is 2.45. The molecular weight excluding hydrogens is 248 g/mol. The van der Waals surface area contributed by atoms with Crippen molar-refractivity contribution in [1.29, 1.82) is 0 Å². The molecule has 2 aromatic heterocycles. The van der Waals surface area contributed by atoms with E-state index in [2.05, 4.69) is 0 Å². The molecule has 0 bridgehead atoms. The van der Waals surface area contributed by atoms with Gasteiger partial charge in [0.15, 0.2) is 11.5 Å². The van der Waals surface area contributed by atoms with Crippen LogP contribution in [-0.2, 0) is 0 Å². The standard InChI is InChI=1S/C10H10O4S2/c1-11-7-3-13-5-9(7)15-16-10-6-14-4-8(10)12-2/h3-6H,1-2H3. The Balaban J connectivity index is 2.02. The van der Waals surface area contributed by atoms with E-state index in [1.165, 1.54) is 21.6 Å². The summed E-state index contributed by atoms with van der Waals surface area (Å²) in [7, 11) is 6.27. The SMILES string of the molecule is COc1cocc1SSc1cocc1OC. The Morgan fingerprint density at radius 1 is 0.812 bits per heavy atom. The molecule has 6 heteroatoms. The molecule has 0 unspecified atom stereocenters. The minimum atomic E-state index is 0.722. The third-order valence-corrected chi connectivity index (χ3v) is 4.21. The van der Waals surface area contributed by atoms with Crippen LogP contribution < -0.4 is 9.47 Å². The highest BCUT2D eigenvalue weighted by Gasteiger charge is 2.11. The van der Waals surface area contributed by atoms with Crippen LogP contribution in [-0.4, -0.2) is 14.2 Å². The van der Waals surface area contributed by atoms with Gasteiger partial charge in [-0.1, -0.05) is 0 Å². The first kappa shape index (κ1) is 11.3. The second kappa shape index (κ2) is 5.27. The monoisotopic (exact) mass is 258 g/mol. The summed E-state index contributed by atoms with van der Waals surface area (Å²) in [4.78, 5) is 1.85. The van der Waals surface area contributed by atoms with E-state index >= 15 is 0 Å². The Morgan fingerprint density at radius 2 is 1.25 bits per heavy atom. The Bertz CT molecular complexity index is 407. The molecule has 0 radical (unpaired) electrons. The van der Waals surface area contributed by atoms with E-state index in [4.69, 9.17) is 18.3 Å². The lowest BCUT2D eigenvalue weighted by molar-refractivity contribution is 0.399. The fourth-order valence-corrected chi connectivity index (χ4v) is 3.12. The molecule has 16 heavy (non-hydrogen) atoms. The zero-order valence-corrected chi connectivity index (χ0v) is 10.4. The van der Waals surface area contributed by atoms with Gasteiger partial charge >= 0.3 is 0 Å².